The van der Waals surface area contributed by atoms with Crippen molar-refractivity contribution in [1.29, 1.82) is 0 Å². The largest absolute Gasteiger partial charge is 0.374 e. The average molecular weight is 192 g/mol. The fourth-order valence-corrected chi connectivity index (χ4v) is 2.65. The number of sulfone groups is 1. The van der Waals surface area contributed by atoms with Crippen molar-refractivity contribution in [1.82, 2.24) is 0 Å². The number of amidine groups is 1. The summed E-state index contributed by atoms with van der Waals surface area (Å²) in [7, 11) is -3.36. The summed E-state index contributed by atoms with van der Waals surface area (Å²) >= 11 is 1.43. The smallest absolute Gasteiger partial charge is 0.237 e. The minimum Gasteiger partial charge on any atom is -0.374 e. The lowest BCUT2D eigenvalue weighted by atomic mass is 10.7. The molecule has 2 N–H and O–H groups in total. The highest BCUT2D eigenvalue weighted by molar-refractivity contribution is 8.11. The highest BCUT2D eigenvalue weighted by Crippen LogP contribution is 2.17. The lowest BCUT2D eigenvalue weighted by Crippen LogP contribution is -2.22. The second-order valence-corrected chi connectivity index (χ2v) is 4.81. The first-order valence-corrected chi connectivity index (χ1v) is 5.73. The Morgan fingerprint density at radius 1 is 1.73 bits per heavy atom. The van der Waals surface area contributed by atoms with Crippen molar-refractivity contribution >= 4 is 26.8 Å². The fourth-order valence-electron chi connectivity index (χ4n) is 0.666. The van der Waals surface area contributed by atoms with Gasteiger partial charge in [0.15, 0.2) is 0 Å². The quantitative estimate of drug-likeness (QED) is 0.665. The maximum absolute atomic E-state index is 11.1. The summed E-state index contributed by atoms with van der Waals surface area (Å²) in [6.45, 7) is 0. The summed E-state index contributed by atoms with van der Waals surface area (Å²) in [6, 6.07) is 0. The summed E-state index contributed by atoms with van der Waals surface area (Å²) < 4.78 is 22.3. The van der Waals surface area contributed by atoms with Gasteiger partial charge in [0.25, 0.3) is 0 Å². The van der Waals surface area contributed by atoms with Crippen molar-refractivity contribution in [2.24, 2.45) is 10.7 Å². The van der Waals surface area contributed by atoms with Gasteiger partial charge in [-0.3, -0.25) is 0 Å². The molecule has 62 valence electrons. The molecule has 0 spiro atoms. The van der Waals surface area contributed by atoms with E-state index in [4.69, 9.17) is 5.73 Å². The zero-order chi connectivity index (χ0) is 8.48. The van der Waals surface area contributed by atoms with Gasteiger partial charge in [-0.2, -0.15) is 11.8 Å². The van der Waals surface area contributed by atoms with Crippen LogP contribution in [0.25, 0.3) is 0 Å². The van der Waals surface area contributed by atoms with Gasteiger partial charge in [0.2, 0.25) is 15.0 Å². The zero-order valence-corrected chi connectivity index (χ0v) is 7.58. The van der Waals surface area contributed by atoms with E-state index in [9.17, 15) is 8.42 Å². The molecule has 1 heterocycles. The summed E-state index contributed by atoms with van der Waals surface area (Å²) in [5.41, 5.74) is 5.13. The monoisotopic (exact) mass is 192 g/mol. The molecule has 0 radical (unpaired) electrons. The highest BCUT2D eigenvalue weighted by Gasteiger charge is 2.26. The Balaban J connectivity index is 2.93. The molecule has 0 unspecified atom stereocenters. The SMILES string of the molecule is CSCC1=CN=C(N)S1(=O)=O. The third-order valence-corrected chi connectivity index (χ3v) is 3.62. The molecule has 0 amide bonds. The molecular formula is C5H8N2O2S2. The molecule has 0 aromatic carbocycles. The number of rotatable bonds is 2. The summed E-state index contributed by atoms with van der Waals surface area (Å²) in [6.07, 6.45) is 3.13. The Hall–Kier alpha value is -0.490. The van der Waals surface area contributed by atoms with Gasteiger partial charge in [0, 0.05) is 12.0 Å². The van der Waals surface area contributed by atoms with E-state index in [-0.39, 0.29) is 5.17 Å². The highest BCUT2D eigenvalue weighted by atomic mass is 32.2. The molecule has 6 heteroatoms. The van der Waals surface area contributed by atoms with Crippen LogP contribution >= 0.6 is 11.8 Å². The van der Waals surface area contributed by atoms with Crippen LogP contribution in [0.1, 0.15) is 0 Å². The van der Waals surface area contributed by atoms with Gasteiger partial charge in [-0.1, -0.05) is 0 Å². The van der Waals surface area contributed by atoms with E-state index >= 15 is 0 Å². The lowest BCUT2D eigenvalue weighted by Gasteiger charge is -1.97. The van der Waals surface area contributed by atoms with Gasteiger partial charge < -0.3 is 5.73 Å². The van der Waals surface area contributed by atoms with Crippen LogP contribution in [0.3, 0.4) is 0 Å². The summed E-state index contributed by atoms with van der Waals surface area (Å²) in [5.74, 6) is 0.437. The van der Waals surface area contributed by atoms with Crippen LogP contribution in [0.4, 0.5) is 0 Å². The molecule has 0 bridgehead atoms. The van der Waals surface area contributed by atoms with Crippen LogP contribution in [0.2, 0.25) is 0 Å². The predicted octanol–water partition coefficient (Wildman–Crippen LogP) is -0.0661. The minimum atomic E-state index is -3.36. The van der Waals surface area contributed by atoms with Gasteiger partial charge in [-0.15, -0.1) is 0 Å². The van der Waals surface area contributed by atoms with Crippen LogP contribution < -0.4 is 5.73 Å². The van der Waals surface area contributed by atoms with Gasteiger partial charge in [-0.25, -0.2) is 13.4 Å². The van der Waals surface area contributed by atoms with Crippen LogP contribution in [-0.4, -0.2) is 25.6 Å². The number of thioether (sulfide) groups is 1. The van der Waals surface area contributed by atoms with E-state index < -0.39 is 9.84 Å². The Bertz CT molecular complexity index is 315. The van der Waals surface area contributed by atoms with Crippen LogP contribution in [-0.2, 0) is 9.84 Å². The Morgan fingerprint density at radius 2 is 2.36 bits per heavy atom. The fraction of sp³-hybridized carbons (Fsp3) is 0.400. The van der Waals surface area contributed by atoms with Crippen LogP contribution in [0, 0.1) is 0 Å². The normalized spacial score (nSPS) is 21.2. The van der Waals surface area contributed by atoms with E-state index in [2.05, 4.69) is 4.99 Å². The molecule has 0 aliphatic carbocycles. The van der Waals surface area contributed by atoms with E-state index in [1.807, 2.05) is 6.26 Å². The van der Waals surface area contributed by atoms with Gasteiger partial charge in [0.05, 0.1) is 4.91 Å². The van der Waals surface area contributed by atoms with Crippen molar-refractivity contribution in [3.05, 3.63) is 11.1 Å². The molecule has 0 aromatic heterocycles. The Kier molecular flexibility index (Phi) is 2.24. The second kappa shape index (κ2) is 2.86. The topological polar surface area (TPSA) is 72.5 Å². The molecule has 0 saturated heterocycles. The molecule has 0 atom stereocenters. The molecule has 4 nitrogen and oxygen atoms in total. The number of hydrogen-bond donors (Lipinski definition) is 1. The molecule has 1 aliphatic heterocycles. The summed E-state index contributed by atoms with van der Waals surface area (Å²) in [5, 5.41) is -0.290. The van der Waals surface area contributed by atoms with Crippen molar-refractivity contribution < 1.29 is 8.42 Å². The molecule has 0 aromatic rings. The molecule has 0 saturated carbocycles. The first-order chi connectivity index (χ1) is 5.09. The van der Waals surface area contributed by atoms with E-state index in [0.717, 1.165) is 0 Å². The third kappa shape index (κ3) is 1.41. The van der Waals surface area contributed by atoms with E-state index in [1.54, 1.807) is 0 Å². The molecule has 0 fully saturated rings. The van der Waals surface area contributed by atoms with Crippen molar-refractivity contribution in [3.8, 4) is 0 Å². The number of aliphatic imine (C=N–C) groups is 1. The maximum atomic E-state index is 11.1. The first-order valence-electron chi connectivity index (χ1n) is 2.85. The second-order valence-electron chi connectivity index (χ2n) is 2.00. The Labute approximate surface area is 69.5 Å². The molecule has 1 aliphatic rings. The molecule has 11 heavy (non-hydrogen) atoms. The number of nitrogens with zero attached hydrogens (tertiary/aromatic N) is 1. The van der Waals surface area contributed by atoms with Crippen molar-refractivity contribution in [3.63, 3.8) is 0 Å². The van der Waals surface area contributed by atoms with Gasteiger partial charge in [0.1, 0.15) is 0 Å². The van der Waals surface area contributed by atoms with Gasteiger partial charge >= 0.3 is 0 Å². The first kappa shape index (κ1) is 8.61. The minimum absolute atomic E-state index is 0.290. The van der Waals surface area contributed by atoms with Crippen molar-refractivity contribution in [2.75, 3.05) is 12.0 Å². The lowest BCUT2D eigenvalue weighted by molar-refractivity contribution is 0.613. The van der Waals surface area contributed by atoms with Gasteiger partial charge in [-0.05, 0) is 6.26 Å². The van der Waals surface area contributed by atoms with E-state index in [1.165, 1.54) is 18.0 Å². The zero-order valence-electron chi connectivity index (χ0n) is 5.94. The molecule has 1 rings (SSSR count). The van der Waals surface area contributed by atoms with Crippen molar-refractivity contribution in [2.45, 2.75) is 0 Å². The Morgan fingerprint density at radius 3 is 2.73 bits per heavy atom. The van der Waals surface area contributed by atoms with Crippen LogP contribution in [0.15, 0.2) is 16.1 Å². The number of nitrogens with two attached hydrogens (primary N) is 1. The standard InChI is InChI=1S/C5H8N2O2S2/c1-10-3-4-2-7-5(6)11(4,8)9/h2H,3H2,1H3,(H2,6,7). The number of hydrogen-bond acceptors (Lipinski definition) is 5. The maximum Gasteiger partial charge on any atom is 0.237 e. The summed E-state index contributed by atoms with van der Waals surface area (Å²) in [4.78, 5) is 3.81. The third-order valence-electron chi connectivity index (χ3n) is 1.24. The molecular weight excluding hydrogens is 184 g/mol. The van der Waals surface area contributed by atoms with E-state index in [0.29, 0.717) is 10.7 Å². The predicted molar refractivity (Wildman–Crippen MR) is 47.0 cm³/mol. The van der Waals surface area contributed by atoms with Crippen LogP contribution in [0.5, 0.6) is 0 Å². The average Bonchev–Trinajstić information content (AvgIpc) is 2.16.